The Bertz CT molecular complexity index is 185. The minimum atomic E-state index is 0.330. The molecule has 10 heavy (non-hydrogen) atoms. The second-order valence-corrected chi connectivity index (χ2v) is 3.55. The molecule has 2 aliphatic carbocycles. The number of carbonyl (C=O) groups excluding carboxylic acids is 1. The topological polar surface area (TPSA) is 17.1 Å². The SMILES string of the molecule is O=C1C=CC2(CCCC2)C1. The lowest BCUT2D eigenvalue weighted by molar-refractivity contribution is -0.115. The lowest BCUT2D eigenvalue weighted by Gasteiger charge is -2.17. The Balaban J connectivity index is 2.18. The third-order valence-corrected chi connectivity index (χ3v) is 2.75. The lowest BCUT2D eigenvalue weighted by Crippen LogP contribution is -2.10. The van der Waals surface area contributed by atoms with Gasteiger partial charge in [-0.25, -0.2) is 0 Å². The van der Waals surface area contributed by atoms with Crippen molar-refractivity contribution in [3.05, 3.63) is 12.2 Å². The van der Waals surface area contributed by atoms with E-state index in [1.54, 1.807) is 6.08 Å². The van der Waals surface area contributed by atoms with Crippen LogP contribution in [0.25, 0.3) is 0 Å². The zero-order chi connectivity index (χ0) is 7.03. The molecule has 0 aromatic carbocycles. The highest BCUT2D eigenvalue weighted by molar-refractivity contribution is 5.93. The first-order valence-electron chi connectivity index (χ1n) is 4.03. The van der Waals surface area contributed by atoms with Crippen molar-refractivity contribution >= 4 is 5.78 Å². The van der Waals surface area contributed by atoms with Gasteiger partial charge in [-0.05, 0) is 24.3 Å². The van der Waals surface area contributed by atoms with Crippen molar-refractivity contribution in [2.75, 3.05) is 0 Å². The fourth-order valence-electron chi connectivity index (χ4n) is 2.16. The number of hydrogen-bond acceptors (Lipinski definition) is 1. The maximum atomic E-state index is 10.9. The van der Waals surface area contributed by atoms with Gasteiger partial charge in [-0.2, -0.15) is 0 Å². The molecule has 0 N–H and O–H groups in total. The Morgan fingerprint density at radius 1 is 1.30 bits per heavy atom. The predicted molar refractivity (Wildman–Crippen MR) is 39.7 cm³/mol. The Hall–Kier alpha value is -0.590. The zero-order valence-electron chi connectivity index (χ0n) is 6.10. The first-order valence-corrected chi connectivity index (χ1v) is 4.03. The van der Waals surface area contributed by atoms with E-state index in [-0.39, 0.29) is 0 Å². The molecule has 54 valence electrons. The fourth-order valence-corrected chi connectivity index (χ4v) is 2.16. The van der Waals surface area contributed by atoms with Gasteiger partial charge in [-0.1, -0.05) is 18.9 Å². The number of ketones is 1. The molecule has 1 fully saturated rings. The van der Waals surface area contributed by atoms with Crippen molar-refractivity contribution < 1.29 is 4.79 Å². The van der Waals surface area contributed by atoms with Crippen molar-refractivity contribution in [3.8, 4) is 0 Å². The van der Waals surface area contributed by atoms with E-state index in [4.69, 9.17) is 0 Å². The van der Waals surface area contributed by atoms with Crippen molar-refractivity contribution in [3.63, 3.8) is 0 Å². The standard InChI is InChI=1S/C9H12O/c10-8-3-6-9(7-8)4-1-2-5-9/h3,6H,1-2,4-5,7H2. The fraction of sp³-hybridized carbons (Fsp3) is 0.667. The molecule has 0 radical (unpaired) electrons. The Kier molecular flexibility index (Phi) is 1.19. The van der Waals surface area contributed by atoms with Crippen LogP contribution in [0.4, 0.5) is 0 Å². The van der Waals surface area contributed by atoms with Gasteiger partial charge in [0, 0.05) is 6.42 Å². The van der Waals surface area contributed by atoms with Crippen molar-refractivity contribution in [1.29, 1.82) is 0 Å². The van der Waals surface area contributed by atoms with E-state index in [2.05, 4.69) is 6.08 Å². The molecule has 0 atom stereocenters. The van der Waals surface area contributed by atoms with Crippen LogP contribution in [0, 0.1) is 5.41 Å². The predicted octanol–water partition coefficient (Wildman–Crippen LogP) is 2.08. The van der Waals surface area contributed by atoms with Crippen LogP contribution in [-0.2, 0) is 4.79 Å². The summed E-state index contributed by atoms with van der Waals surface area (Å²) in [7, 11) is 0. The van der Waals surface area contributed by atoms with Crippen molar-refractivity contribution in [2.24, 2.45) is 5.41 Å². The van der Waals surface area contributed by atoms with Crippen molar-refractivity contribution in [1.82, 2.24) is 0 Å². The summed E-state index contributed by atoms with van der Waals surface area (Å²) in [4.78, 5) is 10.9. The molecule has 0 bridgehead atoms. The van der Waals surface area contributed by atoms with E-state index in [0.717, 1.165) is 6.42 Å². The largest absolute Gasteiger partial charge is 0.295 e. The third-order valence-electron chi connectivity index (χ3n) is 2.75. The molecule has 2 rings (SSSR count). The average Bonchev–Trinajstić information content (AvgIpc) is 2.46. The summed E-state index contributed by atoms with van der Waals surface area (Å²) in [5, 5.41) is 0. The van der Waals surface area contributed by atoms with E-state index in [1.807, 2.05) is 0 Å². The van der Waals surface area contributed by atoms with Crippen LogP contribution < -0.4 is 0 Å². The molecule has 0 aliphatic heterocycles. The highest BCUT2D eigenvalue weighted by atomic mass is 16.1. The average molecular weight is 136 g/mol. The molecule has 0 heterocycles. The third kappa shape index (κ3) is 0.808. The molecule has 1 nitrogen and oxygen atoms in total. The van der Waals surface area contributed by atoms with Gasteiger partial charge in [-0.15, -0.1) is 0 Å². The van der Waals surface area contributed by atoms with Gasteiger partial charge in [0.1, 0.15) is 0 Å². The quantitative estimate of drug-likeness (QED) is 0.498. The van der Waals surface area contributed by atoms with Crippen LogP contribution in [0.1, 0.15) is 32.1 Å². The summed E-state index contributed by atoms with van der Waals surface area (Å²) in [6, 6.07) is 0. The minimum absolute atomic E-state index is 0.330. The van der Waals surface area contributed by atoms with Gasteiger partial charge in [0.05, 0.1) is 0 Å². The smallest absolute Gasteiger partial charge is 0.156 e. The van der Waals surface area contributed by atoms with Gasteiger partial charge in [0.15, 0.2) is 5.78 Å². The van der Waals surface area contributed by atoms with Crippen LogP contribution in [0.2, 0.25) is 0 Å². The number of allylic oxidation sites excluding steroid dienone is 2. The van der Waals surface area contributed by atoms with Gasteiger partial charge in [-0.3, -0.25) is 4.79 Å². The van der Waals surface area contributed by atoms with Gasteiger partial charge in [0.25, 0.3) is 0 Å². The Labute approximate surface area is 61.1 Å². The first-order chi connectivity index (χ1) is 4.81. The first kappa shape index (κ1) is 6.14. The van der Waals surface area contributed by atoms with E-state index in [9.17, 15) is 4.79 Å². The van der Waals surface area contributed by atoms with Crippen molar-refractivity contribution in [2.45, 2.75) is 32.1 Å². The maximum Gasteiger partial charge on any atom is 0.156 e. The number of carbonyl (C=O) groups is 1. The second kappa shape index (κ2) is 1.94. The summed E-state index contributed by atoms with van der Waals surface area (Å²) in [6.07, 6.45) is 9.83. The molecular formula is C9H12O. The van der Waals surface area contributed by atoms with Crippen LogP contribution in [0.3, 0.4) is 0 Å². The molecule has 0 aromatic heterocycles. The summed E-state index contributed by atoms with van der Waals surface area (Å²) < 4.78 is 0. The maximum absolute atomic E-state index is 10.9. The highest BCUT2D eigenvalue weighted by Gasteiger charge is 2.36. The molecular weight excluding hydrogens is 124 g/mol. The minimum Gasteiger partial charge on any atom is -0.295 e. The summed E-state index contributed by atoms with van der Waals surface area (Å²) in [5.41, 5.74) is 0.330. The Morgan fingerprint density at radius 3 is 2.50 bits per heavy atom. The molecule has 1 saturated carbocycles. The molecule has 0 unspecified atom stereocenters. The van der Waals surface area contributed by atoms with E-state index in [0.29, 0.717) is 11.2 Å². The summed E-state index contributed by atoms with van der Waals surface area (Å²) in [5.74, 6) is 0.335. The second-order valence-electron chi connectivity index (χ2n) is 3.55. The monoisotopic (exact) mass is 136 g/mol. The van der Waals surface area contributed by atoms with E-state index < -0.39 is 0 Å². The molecule has 1 heteroatoms. The van der Waals surface area contributed by atoms with Crippen LogP contribution in [0.15, 0.2) is 12.2 Å². The van der Waals surface area contributed by atoms with Crippen LogP contribution in [-0.4, -0.2) is 5.78 Å². The van der Waals surface area contributed by atoms with Gasteiger partial charge in [0.2, 0.25) is 0 Å². The molecule has 0 amide bonds. The van der Waals surface area contributed by atoms with Gasteiger partial charge < -0.3 is 0 Å². The van der Waals surface area contributed by atoms with Crippen LogP contribution in [0.5, 0.6) is 0 Å². The summed E-state index contributed by atoms with van der Waals surface area (Å²) in [6.45, 7) is 0. The van der Waals surface area contributed by atoms with E-state index >= 15 is 0 Å². The highest BCUT2D eigenvalue weighted by Crippen LogP contribution is 2.45. The number of hydrogen-bond donors (Lipinski definition) is 0. The van der Waals surface area contributed by atoms with E-state index in [1.165, 1.54) is 25.7 Å². The Morgan fingerprint density at radius 2 is 2.00 bits per heavy atom. The summed E-state index contributed by atoms with van der Waals surface area (Å²) >= 11 is 0. The molecule has 1 spiro atoms. The molecule has 0 aromatic rings. The van der Waals surface area contributed by atoms with Gasteiger partial charge >= 0.3 is 0 Å². The lowest BCUT2D eigenvalue weighted by atomic mass is 9.86. The number of rotatable bonds is 0. The molecule has 0 saturated heterocycles. The molecule has 2 aliphatic rings. The normalized spacial score (nSPS) is 28.6. The zero-order valence-corrected chi connectivity index (χ0v) is 6.10. The van der Waals surface area contributed by atoms with Crippen LogP contribution >= 0.6 is 0 Å².